The lowest BCUT2D eigenvalue weighted by Crippen LogP contribution is -2.59. The summed E-state index contributed by atoms with van der Waals surface area (Å²) in [7, 11) is 0. The number of carbonyl (C=O) groups excluding carboxylic acids is 1. The molecule has 7 heteroatoms. The standard InChI is InChI=1S/C18H33N3O2.2ClH/c22-17(5-4-16-6-9-19-14-16)20-15-18(7-12-23-13-8-18)21-10-2-1-3-11-21;;/h16,19H,1-15H2,(H,20,22);2*1H. The molecule has 0 saturated carbocycles. The SMILES string of the molecule is Cl.Cl.O=C(CCC1CCNC1)NCC1(N2CCCCC2)CCOCC1. The highest BCUT2D eigenvalue weighted by molar-refractivity contribution is 5.85. The number of ether oxygens (including phenoxy) is 1. The zero-order valence-corrected chi connectivity index (χ0v) is 16.9. The van der Waals surface area contributed by atoms with Crippen LogP contribution in [-0.2, 0) is 9.53 Å². The van der Waals surface area contributed by atoms with Crippen LogP contribution < -0.4 is 10.6 Å². The Bertz CT molecular complexity index is 381. The third kappa shape index (κ3) is 6.55. The van der Waals surface area contributed by atoms with E-state index in [1.54, 1.807) is 0 Å². The largest absolute Gasteiger partial charge is 0.381 e. The number of likely N-dealkylation sites (tertiary alicyclic amines) is 1. The molecule has 2 N–H and O–H groups in total. The van der Waals surface area contributed by atoms with Crippen molar-refractivity contribution in [3.05, 3.63) is 0 Å². The molecule has 5 nitrogen and oxygen atoms in total. The van der Waals surface area contributed by atoms with Crippen molar-refractivity contribution < 1.29 is 9.53 Å². The number of nitrogens with one attached hydrogen (secondary N) is 2. The van der Waals surface area contributed by atoms with E-state index >= 15 is 0 Å². The van der Waals surface area contributed by atoms with Crippen LogP contribution in [0.3, 0.4) is 0 Å². The van der Waals surface area contributed by atoms with Gasteiger partial charge in [0.1, 0.15) is 0 Å². The minimum Gasteiger partial charge on any atom is -0.381 e. The van der Waals surface area contributed by atoms with Crippen molar-refractivity contribution in [2.75, 3.05) is 45.9 Å². The van der Waals surface area contributed by atoms with Crippen molar-refractivity contribution in [1.82, 2.24) is 15.5 Å². The molecule has 0 spiro atoms. The van der Waals surface area contributed by atoms with Gasteiger partial charge in [-0.1, -0.05) is 6.42 Å². The molecule has 148 valence electrons. The summed E-state index contributed by atoms with van der Waals surface area (Å²) in [6, 6.07) is 0. The molecule has 0 aromatic heterocycles. The molecule has 3 saturated heterocycles. The average molecular weight is 396 g/mol. The summed E-state index contributed by atoms with van der Waals surface area (Å²) in [6.07, 6.45) is 8.99. The minimum atomic E-state index is 0. The third-order valence-electron chi connectivity index (χ3n) is 6.01. The van der Waals surface area contributed by atoms with Gasteiger partial charge in [0.2, 0.25) is 5.91 Å². The number of nitrogens with zero attached hydrogens (tertiary/aromatic N) is 1. The van der Waals surface area contributed by atoms with E-state index in [9.17, 15) is 4.79 Å². The van der Waals surface area contributed by atoms with Crippen LogP contribution in [0.5, 0.6) is 0 Å². The van der Waals surface area contributed by atoms with Crippen molar-refractivity contribution in [1.29, 1.82) is 0 Å². The van der Waals surface area contributed by atoms with E-state index in [1.165, 1.54) is 38.8 Å². The van der Waals surface area contributed by atoms with E-state index < -0.39 is 0 Å². The summed E-state index contributed by atoms with van der Waals surface area (Å²) in [5.74, 6) is 0.930. The monoisotopic (exact) mass is 395 g/mol. The van der Waals surface area contributed by atoms with Gasteiger partial charge in [-0.05, 0) is 70.6 Å². The smallest absolute Gasteiger partial charge is 0.220 e. The highest BCUT2D eigenvalue weighted by atomic mass is 35.5. The highest BCUT2D eigenvalue weighted by Gasteiger charge is 2.39. The van der Waals surface area contributed by atoms with E-state index in [1.807, 2.05) is 0 Å². The summed E-state index contributed by atoms with van der Waals surface area (Å²) in [6.45, 7) is 7.04. The molecular weight excluding hydrogens is 361 g/mol. The van der Waals surface area contributed by atoms with Crippen LogP contribution in [0, 0.1) is 5.92 Å². The maximum atomic E-state index is 12.3. The van der Waals surface area contributed by atoms with Crippen LogP contribution in [0.1, 0.15) is 51.4 Å². The zero-order chi connectivity index (χ0) is 16.0. The van der Waals surface area contributed by atoms with E-state index in [0.717, 1.165) is 52.1 Å². The van der Waals surface area contributed by atoms with Crippen LogP contribution in [0.2, 0.25) is 0 Å². The first kappa shape index (κ1) is 23.0. The van der Waals surface area contributed by atoms with Gasteiger partial charge in [0.25, 0.3) is 0 Å². The number of carbonyl (C=O) groups is 1. The molecule has 3 aliphatic rings. The van der Waals surface area contributed by atoms with Gasteiger partial charge >= 0.3 is 0 Å². The Morgan fingerprint density at radius 2 is 1.88 bits per heavy atom. The number of piperidine rings is 1. The van der Waals surface area contributed by atoms with Gasteiger partial charge < -0.3 is 15.4 Å². The molecule has 1 atom stereocenters. The molecule has 25 heavy (non-hydrogen) atoms. The summed E-state index contributed by atoms with van der Waals surface area (Å²) in [5.41, 5.74) is 0.142. The number of amides is 1. The first-order valence-electron chi connectivity index (χ1n) is 9.59. The summed E-state index contributed by atoms with van der Waals surface area (Å²) < 4.78 is 5.59. The van der Waals surface area contributed by atoms with Crippen LogP contribution in [0.25, 0.3) is 0 Å². The Kier molecular flexibility index (Phi) is 10.7. The molecule has 0 radical (unpaired) electrons. The molecule has 3 heterocycles. The topological polar surface area (TPSA) is 53.6 Å². The number of hydrogen-bond acceptors (Lipinski definition) is 4. The van der Waals surface area contributed by atoms with Gasteiger partial charge in [0.15, 0.2) is 0 Å². The van der Waals surface area contributed by atoms with Crippen molar-refractivity contribution in [3.8, 4) is 0 Å². The van der Waals surface area contributed by atoms with Gasteiger partial charge in [-0.25, -0.2) is 0 Å². The minimum absolute atomic E-state index is 0. The van der Waals surface area contributed by atoms with Gasteiger partial charge in [-0.2, -0.15) is 0 Å². The van der Waals surface area contributed by atoms with Crippen molar-refractivity contribution >= 4 is 30.7 Å². The van der Waals surface area contributed by atoms with E-state index in [2.05, 4.69) is 15.5 Å². The Morgan fingerprint density at radius 1 is 1.16 bits per heavy atom. The van der Waals surface area contributed by atoms with Crippen LogP contribution in [-0.4, -0.2) is 62.3 Å². The lowest BCUT2D eigenvalue weighted by atomic mass is 9.86. The Labute approximate surface area is 164 Å². The van der Waals surface area contributed by atoms with Crippen molar-refractivity contribution in [2.45, 2.75) is 56.9 Å². The molecule has 0 bridgehead atoms. The molecule has 1 amide bonds. The summed E-state index contributed by atoms with van der Waals surface area (Å²) >= 11 is 0. The molecule has 3 fully saturated rings. The molecule has 0 aromatic rings. The summed E-state index contributed by atoms with van der Waals surface area (Å²) in [5, 5.41) is 6.63. The van der Waals surface area contributed by atoms with Crippen LogP contribution in [0.4, 0.5) is 0 Å². The maximum absolute atomic E-state index is 12.3. The lowest BCUT2D eigenvalue weighted by molar-refractivity contribution is -0.123. The Morgan fingerprint density at radius 3 is 2.52 bits per heavy atom. The molecule has 3 aliphatic heterocycles. The quantitative estimate of drug-likeness (QED) is 0.724. The average Bonchev–Trinajstić information content (AvgIpc) is 3.13. The van der Waals surface area contributed by atoms with Gasteiger partial charge in [-0.3, -0.25) is 9.69 Å². The van der Waals surface area contributed by atoms with Crippen molar-refractivity contribution in [3.63, 3.8) is 0 Å². The maximum Gasteiger partial charge on any atom is 0.220 e. The normalized spacial score (nSPS) is 26.3. The van der Waals surface area contributed by atoms with Gasteiger partial charge in [-0.15, -0.1) is 24.8 Å². The second-order valence-electron chi connectivity index (χ2n) is 7.56. The molecular formula is C18H35Cl2N3O2. The molecule has 0 aliphatic carbocycles. The second kappa shape index (κ2) is 11.6. The van der Waals surface area contributed by atoms with Gasteiger partial charge in [0, 0.05) is 31.7 Å². The van der Waals surface area contributed by atoms with E-state index in [-0.39, 0.29) is 36.3 Å². The zero-order valence-electron chi connectivity index (χ0n) is 15.3. The summed E-state index contributed by atoms with van der Waals surface area (Å²) in [4.78, 5) is 14.9. The fraction of sp³-hybridized carbons (Fsp3) is 0.944. The fourth-order valence-electron chi connectivity index (χ4n) is 4.37. The lowest BCUT2D eigenvalue weighted by Gasteiger charge is -2.48. The Hall–Kier alpha value is -0.0700. The molecule has 0 aromatic carbocycles. The number of hydrogen-bond donors (Lipinski definition) is 2. The van der Waals surface area contributed by atoms with Crippen LogP contribution in [0.15, 0.2) is 0 Å². The first-order valence-corrected chi connectivity index (χ1v) is 9.59. The molecule has 1 unspecified atom stereocenters. The van der Waals surface area contributed by atoms with Gasteiger partial charge in [0.05, 0.1) is 0 Å². The van der Waals surface area contributed by atoms with E-state index in [4.69, 9.17) is 4.74 Å². The predicted molar refractivity (Wildman–Crippen MR) is 106 cm³/mol. The fourth-order valence-corrected chi connectivity index (χ4v) is 4.37. The number of rotatable bonds is 6. The second-order valence-corrected chi connectivity index (χ2v) is 7.56. The van der Waals surface area contributed by atoms with Crippen molar-refractivity contribution in [2.24, 2.45) is 5.92 Å². The van der Waals surface area contributed by atoms with E-state index in [0.29, 0.717) is 12.3 Å². The third-order valence-corrected chi connectivity index (χ3v) is 6.01. The predicted octanol–water partition coefficient (Wildman–Crippen LogP) is 2.37. The highest BCUT2D eigenvalue weighted by Crippen LogP contribution is 2.30. The van der Waals surface area contributed by atoms with Crippen LogP contribution >= 0.6 is 24.8 Å². The Balaban J connectivity index is 0.00000156. The molecule has 3 rings (SSSR count). The number of halogens is 2. The first-order chi connectivity index (χ1) is 11.3.